The van der Waals surface area contributed by atoms with Gasteiger partial charge in [-0.15, -0.1) is 0 Å². The second-order valence-corrected chi connectivity index (χ2v) is 6.73. The number of hydrogen-bond donors (Lipinski definition) is 1. The Morgan fingerprint density at radius 1 is 1.48 bits per heavy atom. The molecule has 0 bridgehead atoms. The van der Waals surface area contributed by atoms with Gasteiger partial charge in [-0.05, 0) is 38.0 Å². The quantitative estimate of drug-likeness (QED) is 0.913. The third-order valence-corrected chi connectivity index (χ3v) is 5.01. The van der Waals surface area contributed by atoms with Crippen LogP contribution in [-0.2, 0) is 4.74 Å². The number of nitrogens with zero attached hydrogens (tertiary/aromatic N) is 2. The highest BCUT2D eigenvalue weighted by Crippen LogP contribution is 2.43. The summed E-state index contributed by atoms with van der Waals surface area (Å²) in [6.07, 6.45) is 2.84. The van der Waals surface area contributed by atoms with Gasteiger partial charge in [-0.25, -0.2) is 0 Å². The molecule has 4 nitrogen and oxygen atoms in total. The fourth-order valence-electron chi connectivity index (χ4n) is 3.51. The Bertz CT molecular complexity index is 576. The molecule has 1 spiro atoms. The molecule has 2 aliphatic heterocycles. The Labute approximate surface area is 130 Å². The number of hydrogen-bond acceptors (Lipinski definition) is 4. The van der Waals surface area contributed by atoms with Crippen LogP contribution in [0.25, 0.3) is 0 Å². The van der Waals surface area contributed by atoms with E-state index in [2.05, 4.69) is 23.7 Å². The van der Waals surface area contributed by atoms with Crippen molar-refractivity contribution in [2.75, 3.05) is 18.1 Å². The molecule has 114 valence electrons. The van der Waals surface area contributed by atoms with Crippen LogP contribution in [0.2, 0.25) is 5.02 Å². The van der Waals surface area contributed by atoms with E-state index in [9.17, 15) is 0 Å². The number of nitrogens with two attached hydrogens (primary N) is 1. The molecule has 2 atom stereocenters. The van der Waals surface area contributed by atoms with E-state index in [-0.39, 0.29) is 11.1 Å². The van der Waals surface area contributed by atoms with E-state index in [1.54, 1.807) is 0 Å². The lowest BCUT2D eigenvalue weighted by Crippen LogP contribution is -2.59. The predicted molar refractivity (Wildman–Crippen MR) is 87.0 cm³/mol. The first kappa shape index (κ1) is 14.7. The van der Waals surface area contributed by atoms with Crippen molar-refractivity contribution in [1.82, 2.24) is 0 Å². The molecule has 5 heteroatoms. The molecular weight excluding hydrogens is 286 g/mol. The largest absolute Gasteiger partial charge is 0.375 e. The maximum Gasteiger partial charge on any atom is 0.196 e. The SMILES string of the molecule is CCC1(C)CC2(CCO1)CN=C(N)N2c1cccc(Cl)c1. The van der Waals surface area contributed by atoms with Crippen LogP contribution >= 0.6 is 11.6 Å². The van der Waals surface area contributed by atoms with Crippen LogP contribution in [0.3, 0.4) is 0 Å². The van der Waals surface area contributed by atoms with Crippen molar-refractivity contribution in [3.8, 4) is 0 Å². The van der Waals surface area contributed by atoms with Gasteiger partial charge in [0.15, 0.2) is 5.96 Å². The first-order chi connectivity index (χ1) is 9.98. The standard InChI is InChI=1S/C16H22ClN3O/c1-3-15(2)10-16(7-8-21-15)11-19-14(18)20(16)13-6-4-5-12(17)9-13/h4-6,9H,3,7-8,10-11H2,1-2H3,(H2,18,19). The Balaban J connectivity index is 1.98. The van der Waals surface area contributed by atoms with E-state index < -0.39 is 0 Å². The summed E-state index contributed by atoms with van der Waals surface area (Å²) in [5.74, 6) is 0.581. The summed E-state index contributed by atoms with van der Waals surface area (Å²) in [6, 6.07) is 7.83. The van der Waals surface area contributed by atoms with Gasteiger partial charge in [0.1, 0.15) is 0 Å². The van der Waals surface area contributed by atoms with Gasteiger partial charge in [-0.1, -0.05) is 24.6 Å². The lowest BCUT2D eigenvalue weighted by atomic mass is 9.78. The fraction of sp³-hybridized carbons (Fsp3) is 0.562. The number of halogens is 1. The lowest BCUT2D eigenvalue weighted by molar-refractivity contribution is -0.0902. The Hall–Kier alpha value is -1.26. The zero-order valence-electron chi connectivity index (χ0n) is 12.6. The molecule has 2 N–H and O–H groups in total. The summed E-state index contributed by atoms with van der Waals surface area (Å²) in [6.45, 7) is 5.81. The van der Waals surface area contributed by atoms with Crippen LogP contribution in [0.4, 0.5) is 5.69 Å². The predicted octanol–water partition coefficient (Wildman–Crippen LogP) is 3.19. The van der Waals surface area contributed by atoms with E-state index in [1.165, 1.54) is 0 Å². The van der Waals surface area contributed by atoms with E-state index in [4.69, 9.17) is 22.1 Å². The maximum absolute atomic E-state index is 6.19. The topological polar surface area (TPSA) is 50.9 Å². The van der Waals surface area contributed by atoms with Crippen molar-refractivity contribution in [3.63, 3.8) is 0 Å². The zero-order valence-corrected chi connectivity index (χ0v) is 13.4. The van der Waals surface area contributed by atoms with Crippen LogP contribution in [0, 0.1) is 0 Å². The fourth-order valence-corrected chi connectivity index (χ4v) is 3.69. The lowest BCUT2D eigenvalue weighted by Gasteiger charge is -2.48. The molecule has 0 radical (unpaired) electrons. The minimum absolute atomic E-state index is 0.0855. The van der Waals surface area contributed by atoms with Crippen molar-refractivity contribution in [1.29, 1.82) is 0 Å². The van der Waals surface area contributed by atoms with Crippen molar-refractivity contribution in [2.24, 2.45) is 10.7 Å². The van der Waals surface area contributed by atoms with E-state index >= 15 is 0 Å². The summed E-state index contributed by atoms with van der Waals surface area (Å²) in [4.78, 5) is 6.68. The third-order valence-electron chi connectivity index (χ3n) is 4.77. The van der Waals surface area contributed by atoms with E-state index in [1.807, 2.05) is 24.3 Å². The first-order valence-corrected chi connectivity index (χ1v) is 7.86. The molecule has 1 fully saturated rings. The molecule has 1 aromatic carbocycles. The molecule has 1 saturated heterocycles. The first-order valence-electron chi connectivity index (χ1n) is 7.48. The van der Waals surface area contributed by atoms with Crippen LogP contribution in [0.15, 0.2) is 29.3 Å². The van der Waals surface area contributed by atoms with Crippen LogP contribution < -0.4 is 10.6 Å². The Morgan fingerprint density at radius 2 is 2.29 bits per heavy atom. The summed E-state index contributed by atoms with van der Waals surface area (Å²) in [7, 11) is 0. The summed E-state index contributed by atoms with van der Waals surface area (Å²) < 4.78 is 6.00. The van der Waals surface area contributed by atoms with Crippen LogP contribution in [-0.4, -0.2) is 30.3 Å². The number of anilines is 1. The van der Waals surface area contributed by atoms with Gasteiger partial charge in [0.25, 0.3) is 0 Å². The molecule has 2 aliphatic rings. The van der Waals surface area contributed by atoms with Gasteiger partial charge < -0.3 is 15.4 Å². The smallest absolute Gasteiger partial charge is 0.196 e. The summed E-state index contributed by atoms with van der Waals surface area (Å²) >= 11 is 6.15. The molecule has 0 aliphatic carbocycles. The van der Waals surface area contributed by atoms with Gasteiger partial charge in [-0.3, -0.25) is 4.99 Å². The summed E-state index contributed by atoms with van der Waals surface area (Å²) in [5, 5.41) is 0.715. The second kappa shape index (κ2) is 5.18. The minimum atomic E-state index is -0.116. The molecule has 0 amide bonds. The number of rotatable bonds is 2. The van der Waals surface area contributed by atoms with Crippen LogP contribution in [0.5, 0.6) is 0 Å². The highest BCUT2D eigenvalue weighted by atomic mass is 35.5. The molecule has 0 aromatic heterocycles. The molecule has 2 unspecified atom stereocenters. The van der Waals surface area contributed by atoms with Gasteiger partial charge in [0.2, 0.25) is 0 Å². The van der Waals surface area contributed by atoms with Crippen LogP contribution in [0.1, 0.15) is 33.1 Å². The summed E-state index contributed by atoms with van der Waals surface area (Å²) in [5.41, 5.74) is 7.00. The average Bonchev–Trinajstić information content (AvgIpc) is 2.75. The van der Waals surface area contributed by atoms with Crippen molar-refractivity contribution >= 4 is 23.2 Å². The molecule has 3 rings (SSSR count). The van der Waals surface area contributed by atoms with Crippen molar-refractivity contribution in [3.05, 3.63) is 29.3 Å². The number of guanidine groups is 1. The zero-order chi connectivity index (χ0) is 15.1. The number of benzene rings is 1. The molecular formula is C16H22ClN3O. The second-order valence-electron chi connectivity index (χ2n) is 6.29. The average molecular weight is 308 g/mol. The highest BCUT2D eigenvalue weighted by molar-refractivity contribution is 6.31. The number of ether oxygens (including phenoxy) is 1. The maximum atomic E-state index is 6.19. The van der Waals surface area contributed by atoms with Gasteiger partial charge >= 0.3 is 0 Å². The van der Waals surface area contributed by atoms with Gasteiger partial charge in [0, 0.05) is 23.7 Å². The van der Waals surface area contributed by atoms with E-state index in [0.29, 0.717) is 11.0 Å². The third kappa shape index (κ3) is 2.51. The van der Waals surface area contributed by atoms with E-state index in [0.717, 1.165) is 38.1 Å². The molecule has 21 heavy (non-hydrogen) atoms. The highest BCUT2D eigenvalue weighted by Gasteiger charge is 2.50. The molecule has 1 aromatic rings. The minimum Gasteiger partial charge on any atom is -0.375 e. The molecule has 0 saturated carbocycles. The Kier molecular flexibility index (Phi) is 3.62. The monoisotopic (exact) mass is 307 g/mol. The molecule has 2 heterocycles. The van der Waals surface area contributed by atoms with Gasteiger partial charge in [-0.2, -0.15) is 0 Å². The number of aliphatic imine (C=N–C) groups is 1. The van der Waals surface area contributed by atoms with Crippen molar-refractivity contribution in [2.45, 2.75) is 44.2 Å². The Morgan fingerprint density at radius 3 is 3.00 bits per heavy atom. The van der Waals surface area contributed by atoms with Crippen molar-refractivity contribution < 1.29 is 4.74 Å². The van der Waals surface area contributed by atoms with Gasteiger partial charge in [0.05, 0.1) is 17.7 Å². The normalized spacial score (nSPS) is 32.5.